The minimum Gasteiger partial charge on any atom is -0.444 e. The first-order chi connectivity index (χ1) is 8.85. The normalized spacial score (nSPS) is 16.6. The van der Waals surface area contributed by atoms with Gasteiger partial charge in [-0.1, -0.05) is 12.8 Å². The average molecular weight is 265 g/mol. The lowest BCUT2D eigenvalue weighted by molar-refractivity contribution is 0.0635. The van der Waals surface area contributed by atoms with Gasteiger partial charge in [0.15, 0.2) is 5.82 Å². The van der Waals surface area contributed by atoms with Gasteiger partial charge in [0.2, 0.25) is 0 Å². The predicted octanol–water partition coefficient (Wildman–Crippen LogP) is 3.42. The van der Waals surface area contributed by atoms with Crippen molar-refractivity contribution in [1.29, 1.82) is 0 Å². The highest BCUT2D eigenvalue weighted by atomic mass is 16.6. The molecule has 1 N–H and O–H groups in total. The number of imidazole rings is 1. The van der Waals surface area contributed by atoms with Crippen LogP contribution in [0.5, 0.6) is 0 Å². The van der Waals surface area contributed by atoms with E-state index in [1.54, 1.807) is 0 Å². The summed E-state index contributed by atoms with van der Waals surface area (Å²) in [6, 6.07) is 0. The molecule has 1 aromatic rings. The first-order valence-corrected chi connectivity index (χ1v) is 6.88. The second kappa shape index (κ2) is 5.23. The summed E-state index contributed by atoms with van der Waals surface area (Å²) in [5, 5.41) is 2.69. The van der Waals surface area contributed by atoms with E-state index in [-0.39, 0.29) is 0 Å². The van der Waals surface area contributed by atoms with Crippen molar-refractivity contribution in [2.75, 3.05) is 5.32 Å². The van der Waals surface area contributed by atoms with Gasteiger partial charge in [0, 0.05) is 19.2 Å². The Bertz CT molecular complexity index is 454. The fourth-order valence-electron chi connectivity index (χ4n) is 2.51. The summed E-state index contributed by atoms with van der Waals surface area (Å²) >= 11 is 0. The van der Waals surface area contributed by atoms with Gasteiger partial charge < -0.3 is 9.30 Å². The zero-order valence-corrected chi connectivity index (χ0v) is 12.2. The second-order valence-electron chi connectivity index (χ2n) is 6.20. The van der Waals surface area contributed by atoms with Crippen LogP contribution in [0.3, 0.4) is 0 Å². The summed E-state index contributed by atoms with van der Waals surface area (Å²) in [5.41, 5.74) is -0.493. The number of aromatic nitrogens is 2. The third-order valence-corrected chi connectivity index (χ3v) is 3.26. The Morgan fingerprint density at radius 3 is 2.63 bits per heavy atom. The molecule has 1 amide bonds. The van der Waals surface area contributed by atoms with E-state index >= 15 is 0 Å². The van der Waals surface area contributed by atoms with Gasteiger partial charge in [0.05, 0.1) is 0 Å². The number of ether oxygens (including phenoxy) is 1. The van der Waals surface area contributed by atoms with E-state index in [9.17, 15) is 4.79 Å². The fraction of sp³-hybridized carbons (Fsp3) is 0.714. The van der Waals surface area contributed by atoms with Crippen molar-refractivity contribution in [3.05, 3.63) is 12.0 Å². The highest BCUT2D eigenvalue weighted by Crippen LogP contribution is 2.33. The Morgan fingerprint density at radius 2 is 2.05 bits per heavy atom. The second-order valence-corrected chi connectivity index (χ2v) is 6.20. The highest BCUT2D eigenvalue weighted by molar-refractivity contribution is 5.83. The van der Waals surface area contributed by atoms with Gasteiger partial charge in [-0.3, -0.25) is 5.32 Å². The predicted molar refractivity (Wildman–Crippen MR) is 74.3 cm³/mol. The Labute approximate surface area is 114 Å². The first kappa shape index (κ1) is 13.9. The van der Waals surface area contributed by atoms with Gasteiger partial charge >= 0.3 is 6.09 Å². The van der Waals surface area contributed by atoms with Gasteiger partial charge in [0.25, 0.3) is 0 Å². The Balaban J connectivity index is 2.01. The number of amides is 1. The number of hydrogen-bond donors (Lipinski definition) is 1. The molecule has 106 valence electrons. The van der Waals surface area contributed by atoms with Crippen LogP contribution in [-0.2, 0) is 11.8 Å². The van der Waals surface area contributed by atoms with E-state index in [2.05, 4.69) is 10.3 Å². The summed E-state index contributed by atoms with van der Waals surface area (Å²) in [6.07, 6.45) is 6.31. The average Bonchev–Trinajstić information content (AvgIpc) is 2.84. The third kappa shape index (κ3) is 3.72. The zero-order valence-electron chi connectivity index (χ0n) is 12.2. The van der Waals surface area contributed by atoms with E-state index < -0.39 is 11.7 Å². The van der Waals surface area contributed by atoms with E-state index in [0.717, 1.165) is 5.82 Å². The summed E-state index contributed by atoms with van der Waals surface area (Å²) < 4.78 is 7.22. The molecule has 2 rings (SSSR count). The van der Waals surface area contributed by atoms with Crippen molar-refractivity contribution in [2.45, 2.75) is 58.0 Å². The minimum atomic E-state index is -0.493. The van der Waals surface area contributed by atoms with E-state index in [1.807, 2.05) is 38.6 Å². The monoisotopic (exact) mass is 265 g/mol. The quantitative estimate of drug-likeness (QED) is 0.891. The molecule has 1 aliphatic carbocycles. The molecule has 1 aliphatic rings. The molecule has 0 spiro atoms. The lowest BCUT2D eigenvalue weighted by Crippen LogP contribution is -2.27. The fourth-order valence-corrected chi connectivity index (χ4v) is 2.51. The SMILES string of the molecule is Cn1cc(NC(=O)OC(C)(C)C)nc1C1CCCC1. The van der Waals surface area contributed by atoms with Crippen LogP contribution in [0, 0.1) is 0 Å². The smallest absolute Gasteiger partial charge is 0.413 e. The van der Waals surface area contributed by atoms with Crippen LogP contribution < -0.4 is 5.32 Å². The maximum atomic E-state index is 11.7. The van der Waals surface area contributed by atoms with Crippen LogP contribution >= 0.6 is 0 Å². The molecule has 0 aliphatic heterocycles. The topological polar surface area (TPSA) is 56.2 Å². The largest absolute Gasteiger partial charge is 0.444 e. The van der Waals surface area contributed by atoms with Crippen LogP contribution in [0.25, 0.3) is 0 Å². The van der Waals surface area contributed by atoms with Crippen LogP contribution in [0.2, 0.25) is 0 Å². The molecule has 0 aromatic carbocycles. The number of hydrogen-bond acceptors (Lipinski definition) is 3. The van der Waals surface area contributed by atoms with Gasteiger partial charge in [-0.25, -0.2) is 9.78 Å². The van der Waals surface area contributed by atoms with Crippen LogP contribution in [0.4, 0.5) is 10.6 Å². The highest BCUT2D eigenvalue weighted by Gasteiger charge is 2.23. The molecule has 0 bridgehead atoms. The number of nitrogens with zero attached hydrogens (tertiary/aromatic N) is 2. The van der Waals surface area contributed by atoms with Crippen LogP contribution in [0.15, 0.2) is 6.20 Å². The minimum absolute atomic E-state index is 0.455. The van der Waals surface area contributed by atoms with Gasteiger partial charge in [-0.05, 0) is 33.6 Å². The number of rotatable bonds is 2. The van der Waals surface area contributed by atoms with Crippen molar-refractivity contribution < 1.29 is 9.53 Å². The molecule has 1 heterocycles. The zero-order chi connectivity index (χ0) is 14.0. The summed E-state index contributed by atoms with van der Waals surface area (Å²) in [7, 11) is 1.97. The third-order valence-electron chi connectivity index (χ3n) is 3.26. The van der Waals surface area contributed by atoms with Crippen molar-refractivity contribution in [3.63, 3.8) is 0 Å². The number of carbonyl (C=O) groups excluding carboxylic acids is 1. The van der Waals surface area contributed by atoms with Gasteiger partial charge in [-0.2, -0.15) is 0 Å². The van der Waals surface area contributed by atoms with E-state index in [1.165, 1.54) is 25.7 Å². The molecule has 5 nitrogen and oxygen atoms in total. The lowest BCUT2D eigenvalue weighted by atomic mass is 10.1. The standard InChI is InChI=1S/C14H23N3O2/c1-14(2,3)19-13(18)16-11-9-17(4)12(15-11)10-7-5-6-8-10/h9-10H,5-8H2,1-4H3,(H,16,18). The first-order valence-electron chi connectivity index (χ1n) is 6.88. The summed E-state index contributed by atoms with van der Waals surface area (Å²) in [5.74, 6) is 2.15. The molecule has 1 fully saturated rings. The molecule has 0 unspecified atom stereocenters. The Morgan fingerprint density at radius 1 is 1.42 bits per heavy atom. The van der Waals surface area contributed by atoms with E-state index in [0.29, 0.717) is 11.7 Å². The maximum Gasteiger partial charge on any atom is 0.413 e. The Hall–Kier alpha value is -1.52. The van der Waals surface area contributed by atoms with Crippen molar-refractivity contribution >= 4 is 11.9 Å². The summed E-state index contributed by atoms with van der Waals surface area (Å²) in [4.78, 5) is 16.2. The number of carbonyl (C=O) groups is 1. The molecule has 0 saturated heterocycles. The summed E-state index contributed by atoms with van der Waals surface area (Å²) in [6.45, 7) is 5.53. The molecule has 1 aromatic heterocycles. The lowest BCUT2D eigenvalue weighted by Gasteiger charge is -2.19. The molecular weight excluding hydrogens is 242 g/mol. The van der Waals surface area contributed by atoms with E-state index in [4.69, 9.17) is 4.74 Å². The van der Waals surface area contributed by atoms with Gasteiger partial charge in [0.1, 0.15) is 11.4 Å². The molecule has 0 radical (unpaired) electrons. The van der Waals surface area contributed by atoms with Crippen LogP contribution in [0.1, 0.15) is 58.2 Å². The van der Waals surface area contributed by atoms with Crippen molar-refractivity contribution in [3.8, 4) is 0 Å². The van der Waals surface area contributed by atoms with Crippen molar-refractivity contribution in [2.24, 2.45) is 7.05 Å². The molecule has 5 heteroatoms. The molecular formula is C14H23N3O2. The van der Waals surface area contributed by atoms with Gasteiger partial charge in [-0.15, -0.1) is 0 Å². The number of anilines is 1. The Kier molecular flexibility index (Phi) is 3.83. The molecule has 19 heavy (non-hydrogen) atoms. The van der Waals surface area contributed by atoms with Crippen molar-refractivity contribution in [1.82, 2.24) is 9.55 Å². The molecule has 0 atom stereocenters. The molecule has 1 saturated carbocycles. The number of aryl methyl sites for hydroxylation is 1. The van der Waals surface area contributed by atoms with Crippen LogP contribution in [-0.4, -0.2) is 21.2 Å². The maximum absolute atomic E-state index is 11.7. The number of nitrogens with one attached hydrogen (secondary N) is 1.